The molecule has 0 bridgehead atoms. The number of rotatable bonds is 5. The maximum Gasteiger partial charge on any atom is 0.265 e. The maximum absolute atomic E-state index is 13.7. The third-order valence-electron chi connectivity index (χ3n) is 6.08. The van der Waals surface area contributed by atoms with E-state index in [9.17, 15) is 9.59 Å². The number of benzene rings is 2. The molecule has 33 heavy (non-hydrogen) atoms. The van der Waals surface area contributed by atoms with Crippen molar-refractivity contribution >= 4 is 23.4 Å². The van der Waals surface area contributed by atoms with Gasteiger partial charge in [-0.1, -0.05) is 80.2 Å². The largest absolute Gasteiger partial charge is 0.350 e. The molecule has 4 aromatic rings. The lowest BCUT2D eigenvalue weighted by atomic mass is 9.72. The Morgan fingerprint density at radius 2 is 1.85 bits per heavy atom. The van der Waals surface area contributed by atoms with Crippen molar-refractivity contribution in [2.24, 2.45) is 0 Å². The minimum atomic E-state index is -0.361. The zero-order valence-corrected chi connectivity index (χ0v) is 19.6. The van der Waals surface area contributed by atoms with E-state index in [1.807, 2.05) is 54.8 Å². The minimum absolute atomic E-state index is 0.0207. The number of nitrogens with zero attached hydrogens (tertiary/aromatic N) is 4. The topological polar surface area (TPSA) is 81.3 Å². The van der Waals surface area contributed by atoms with E-state index in [0.29, 0.717) is 28.7 Å². The first-order valence-electron chi connectivity index (χ1n) is 10.9. The summed E-state index contributed by atoms with van der Waals surface area (Å²) in [5.41, 5.74) is 4.06. The average Bonchev–Trinajstić information content (AvgIpc) is 3.15. The van der Waals surface area contributed by atoms with Crippen molar-refractivity contribution in [2.45, 2.75) is 43.9 Å². The van der Waals surface area contributed by atoms with E-state index in [0.717, 1.165) is 17.5 Å². The summed E-state index contributed by atoms with van der Waals surface area (Å²) < 4.78 is 3.07. The average molecular weight is 460 g/mol. The summed E-state index contributed by atoms with van der Waals surface area (Å²) in [5.74, 6) is 0.190. The predicted octanol–water partition coefficient (Wildman–Crippen LogP) is 3.43. The van der Waals surface area contributed by atoms with Gasteiger partial charge in [-0.3, -0.25) is 9.59 Å². The summed E-state index contributed by atoms with van der Waals surface area (Å²) in [7, 11) is 0. The summed E-state index contributed by atoms with van der Waals surface area (Å²) in [6.07, 6.45) is 2.64. The van der Waals surface area contributed by atoms with Crippen molar-refractivity contribution in [3.8, 4) is 11.3 Å². The number of amides is 1. The standard InChI is InChI=1S/C25H25N5O2S/c1-25(2)13-17-11-7-8-12-18(17)21-20(25)22(32)30-23(27-21)29(28-24(30)33-3)15-19(31)26-14-16-9-5-4-6-10-16/h4-12H,13-15H2,1-3H3,(H,26,31). The fourth-order valence-electron chi connectivity index (χ4n) is 4.55. The van der Waals surface area contributed by atoms with Gasteiger partial charge in [0.15, 0.2) is 5.16 Å². The molecule has 168 valence electrons. The Kier molecular flexibility index (Phi) is 5.32. The van der Waals surface area contributed by atoms with Gasteiger partial charge in [0.05, 0.1) is 11.3 Å². The number of fused-ring (bicyclic) bond motifs is 4. The molecule has 0 saturated carbocycles. The Bertz CT molecular complexity index is 1420. The van der Waals surface area contributed by atoms with Gasteiger partial charge in [0, 0.05) is 17.5 Å². The molecule has 0 saturated heterocycles. The van der Waals surface area contributed by atoms with E-state index in [2.05, 4.69) is 30.3 Å². The molecular formula is C25H25N5O2S. The fraction of sp³-hybridized carbons (Fsp3) is 0.280. The molecule has 0 fully saturated rings. The second kappa shape index (κ2) is 8.19. The molecule has 5 rings (SSSR count). The molecule has 0 unspecified atom stereocenters. The molecule has 1 aliphatic carbocycles. The number of nitrogens with one attached hydrogen (secondary N) is 1. The van der Waals surface area contributed by atoms with Gasteiger partial charge in [-0.15, -0.1) is 5.10 Å². The van der Waals surface area contributed by atoms with Gasteiger partial charge in [0.25, 0.3) is 5.56 Å². The van der Waals surface area contributed by atoms with Crippen molar-refractivity contribution in [3.63, 3.8) is 0 Å². The van der Waals surface area contributed by atoms with Crippen LogP contribution < -0.4 is 10.9 Å². The first-order chi connectivity index (χ1) is 15.9. The molecular weight excluding hydrogens is 434 g/mol. The molecule has 1 amide bonds. The number of aromatic nitrogens is 4. The zero-order chi connectivity index (χ0) is 23.2. The van der Waals surface area contributed by atoms with Crippen LogP contribution in [0.4, 0.5) is 0 Å². The van der Waals surface area contributed by atoms with E-state index in [1.54, 1.807) is 4.40 Å². The van der Waals surface area contributed by atoms with Gasteiger partial charge in [-0.25, -0.2) is 14.1 Å². The SMILES string of the molecule is CSc1nn(CC(=O)NCc2ccccc2)c2nc3c(c(=O)n12)C(C)(C)Cc1ccccc1-3. The highest BCUT2D eigenvalue weighted by Crippen LogP contribution is 2.40. The lowest BCUT2D eigenvalue weighted by Crippen LogP contribution is -2.36. The maximum atomic E-state index is 13.7. The monoisotopic (exact) mass is 459 g/mol. The van der Waals surface area contributed by atoms with Crippen molar-refractivity contribution in [2.75, 3.05) is 6.26 Å². The molecule has 0 radical (unpaired) electrons. The van der Waals surface area contributed by atoms with E-state index in [4.69, 9.17) is 4.98 Å². The molecule has 1 N–H and O–H groups in total. The van der Waals surface area contributed by atoms with Crippen LogP contribution in [0.5, 0.6) is 0 Å². The van der Waals surface area contributed by atoms with Gasteiger partial charge < -0.3 is 5.32 Å². The van der Waals surface area contributed by atoms with E-state index in [1.165, 1.54) is 22.0 Å². The van der Waals surface area contributed by atoms with Crippen molar-refractivity contribution in [1.82, 2.24) is 24.5 Å². The normalized spacial score (nSPS) is 14.0. The molecule has 2 aromatic carbocycles. The number of hydrogen-bond donors (Lipinski definition) is 1. The van der Waals surface area contributed by atoms with Crippen LogP contribution in [-0.4, -0.2) is 31.3 Å². The van der Waals surface area contributed by atoms with E-state index < -0.39 is 0 Å². The van der Waals surface area contributed by atoms with E-state index in [-0.39, 0.29) is 23.4 Å². The molecule has 0 atom stereocenters. The molecule has 2 aromatic heterocycles. The fourth-order valence-corrected chi connectivity index (χ4v) is 5.08. The van der Waals surface area contributed by atoms with Gasteiger partial charge in [-0.2, -0.15) is 0 Å². The first-order valence-corrected chi connectivity index (χ1v) is 12.1. The molecule has 0 aliphatic heterocycles. The second-order valence-electron chi connectivity index (χ2n) is 8.90. The van der Waals surface area contributed by atoms with Gasteiger partial charge in [0.1, 0.15) is 6.54 Å². The highest BCUT2D eigenvalue weighted by atomic mass is 32.2. The third-order valence-corrected chi connectivity index (χ3v) is 6.71. The zero-order valence-electron chi connectivity index (χ0n) is 18.8. The molecule has 1 aliphatic rings. The molecule has 2 heterocycles. The molecule has 7 nitrogen and oxygen atoms in total. The Morgan fingerprint density at radius 3 is 2.61 bits per heavy atom. The third kappa shape index (κ3) is 3.74. The summed E-state index contributed by atoms with van der Waals surface area (Å²) in [4.78, 5) is 31.4. The lowest BCUT2D eigenvalue weighted by molar-refractivity contribution is -0.121. The number of carbonyl (C=O) groups is 1. The van der Waals surface area contributed by atoms with Crippen molar-refractivity contribution in [1.29, 1.82) is 0 Å². The smallest absolute Gasteiger partial charge is 0.265 e. The van der Waals surface area contributed by atoms with Crippen LogP contribution in [0, 0.1) is 0 Å². The Labute approximate surface area is 195 Å². The highest BCUT2D eigenvalue weighted by molar-refractivity contribution is 7.98. The predicted molar refractivity (Wildman–Crippen MR) is 129 cm³/mol. The van der Waals surface area contributed by atoms with Gasteiger partial charge in [-0.05, 0) is 23.8 Å². The van der Waals surface area contributed by atoms with E-state index >= 15 is 0 Å². The van der Waals surface area contributed by atoms with Crippen LogP contribution in [0.15, 0.2) is 64.5 Å². The number of hydrogen-bond acceptors (Lipinski definition) is 5. The van der Waals surface area contributed by atoms with Crippen LogP contribution in [-0.2, 0) is 29.7 Å². The summed E-state index contributed by atoms with van der Waals surface area (Å²) in [6.45, 7) is 4.57. The summed E-state index contributed by atoms with van der Waals surface area (Å²) >= 11 is 1.37. The lowest BCUT2D eigenvalue weighted by Gasteiger charge is -2.32. The van der Waals surface area contributed by atoms with Crippen LogP contribution >= 0.6 is 11.8 Å². The van der Waals surface area contributed by atoms with Crippen LogP contribution in [0.25, 0.3) is 17.0 Å². The van der Waals surface area contributed by atoms with Crippen LogP contribution in [0.1, 0.15) is 30.5 Å². The van der Waals surface area contributed by atoms with Gasteiger partial charge >= 0.3 is 0 Å². The Hall–Kier alpha value is -3.39. The van der Waals surface area contributed by atoms with Crippen LogP contribution in [0.2, 0.25) is 0 Å². The minimum Gasteiger partial charge on any atom is -0.350 e. The van der Waals surface area contributed by atoms with Crippen molar-refractivity contribution in [3.05, 3.63) is 81.6 Å². The van der Waals surface area contributed by atoms with Gasteiger partial charge in [0.2, 0.25) is 11.7 Å². The number of thioether (sulfide) groups is 1. The summed E-state index contributed by atoms with van der Waals surface area (Å²) in [5, 5.41) is 8.01. The Morgan fingerprint density at radius 1 is 1.12 bits per heavy atom. The quantitative estimate of drug-likeness (QED) is 0.463. The van der Waals surface area contributed by atoms with Crippen molar-refractivity contribution < 1.29 is 4.79 Å². The Balaban J connectivity index is 1.59. The highest BCUT2D eigenvalue weighted by Gasteiger charge is 2.36. The number of carbonyl (C=O) groups excluding carboxylic acids is 1. The molecule has 0 spiro atoms. The summed E-state index contributed by atoms with van der Waals surface area (Å²) in [6, 6.07) is 17.8. The van der Waals surface area contributed by atoms with Crippen LogP contribution in [0.3, 0.4) is 0 Å². The first kappa shape index (κ1) is 21.5. The molecule has 8 heteroatoms. The second-order valence-corrected chi connectivity index (χ2v) is 9.67.